The van der Waals surface area contributed by atoms with E-state index in [1.807, 2.05) is 20.1 Å². The SMILES string of the molecule is CCC(C)C(NC(=O)C(CC(=O)O)NC(=O)C(N)CCSC)C(=O)NC(CC(C)C)C(=O)O. The van der Waals surface area contributed by atoms with Gasteiger partial charge in [0.1, 0.15) is 18.1 Å². The predicted molar refractivity (Wildman–Crippen MR) is 126 cm³/mol. The molecule has 0 aromatic rings. The zero-order valence-electron chi connectivity index (χ0n) is 19.9. The number of aliphatic carboxylic acids is 2. The zero-order chi connectivity index (χ0) is 25.7. The number of nitrogens with two attached hydrogens (primary N) is 1. The summed E-state index contributed by atoms with van der Waals surface area (Å²) in [5, 5.41) is 25.9. The third-order valence-corrected chi connectivity index (χ3v) is 5.74. The summed E-state index contributed by atoms with van der Waals surface area (Å²) in [5.74, 6) is -4.50. The van der Waals surface area contributed by atoms with E-state index in [1.165, 1.54) is 11.8 Å². The van der Waals surface area contributed by atoms with Gasteiger partial charge < -0.3 is 31.9 Å². The Morgan fingerprint density at radius 1 is 0.909 bits per heavy atom. The van der Waals surface area contributed by atoms with Crippen molar-refractivity contribution in [1.82, 2.24) is 16.0 Å². The van der Waals surface area contributed by atoms with E-state index >= 15 is 0 Å². The van der Waals surface area contributed by atoms with Crippen LogP contribution >= 0.6 is 11.8 Å². The predicted octanol–water partition coefficient (Wildman–Crippen LogP) is 0.173. The van der Waals surface area contributed by atoms with Crippen molar-refractivity contribution in [1.29, 1.82) is 0 Å². The third kappa shape index (κ3) is 11.9. The van der Waals surface area contributed by atoms with Crippen molar-refractivity contribution in [3.63, 3.8) is 0 Å². The Hall–Kier alpha value is -2.34. The molecule has 12 heteroatoms. The van der Waals surface area contributed by atoms with E-state index in [1.54, 1.807) is 13.8 Å². The van der Waals surface area contributed by atoms with Gasteiger partial charge in [-0.1, -0.05) is 34.1 Å². The number of hydrogen-bond donors (Lipinski definition) is 6. The minimum absolute atomic E-state index is 0.00789. The molecule has 33 heavy (non-hydrogen) atoms. The van der Waals surface area contributed by atoms with Gasteiger partial charge in [0.05, 0.1) is 12.5 Å². The molecule has 0 fully saturated rings. The maximum absolute atomic E-state index is 12.9. The van der Waals surface area contributed by atoms with Crippen LogP contribution in [-0.4, -0.2) is 76.0 Å². The molecule has 3 amide bonds. The zero-order valence-corrected chi connectivity index (χ0v) is 20.7. The number of amides is 3. The molecule has 0 saturated heterocycles. The van der Waals surface area contributed by atoms with Crippen molar-refractivity contribution in [3.05, 3.63) is 0 Å². The molecule has 0 saturated carbocycles. The Balaban J connectivity index is 5.53. The maximum atomic E-state index is 12.9. The van der Waals surface area contributed by atoms with Crippen LogP contribution in [0.4, 0.5) is 0 Å². The Morgan fingerprint density at radius 2 is 1.48 bits per heavy atom. The molecule has 5 unspecified atom stereocenters. The van der Waals surface area contributed by atoms with Gasteiger partial charge in [0.25, 0.3) is 0 Å². The summed E-state index contributed by atoms with van der Waals surface area (Å²) in [4.78, 5) is 60.8. The number of carboxylic acid groups (broad SMARTS) is 2. The summed E-state index contributed by atoms with van der Waals surface area (Å²) < 4.78 is 0. The van der Waals surface area contributed by atoms with Crippen molar-refractivity contribution < 1.29 is 34.2 Å². The number of thioether (sulfide) groups is 1. The molecule has 190 valence electrons. The number of carboxylic acids is 2. The minimum atomic E-state index is -1.44. The van der Waals surface area contributed by atoms with Gasteiger partial charge in [-0.15, -0.1) is 0 Å². The molecule has 7 N–H and O–H groups in total. The van der Waals surface area contributed by atoms with Gasteiger partial charge in [-0.3, -0.25) is 19.2 Å². The van der Waals surface area contributed by atoms with Crippen LogP contribution in [0, 0.1) is 11.8 Å². The molecular formula is C21H38N4O7S. The quantitative estimate of drug-likeness (QED) is 0.175. The average molecular weight is 491 g/mol. The first-order valence-electron chi connectivity index (χ1n) is 10.9. The van der Waals surface area contributed by atoms with Crippen molar-refractivity contribution in [2.24, 2.45) is 17.6 Å². The summed E-state index contributed by atoms with van der Waals surface area (Å²) in [5.41, 5.74) is 5.80. The highest BCUT2D eigenvalue weighted by atomic mass is 32.2. The highest BCUT2D eigenvalue weighted by Crippen LogP contribution is 2.11. The molecule has 0 bridgehead atoms. The van der Waals surface area contributed by atoms with Gasteiger partial charge >= 0.3 is 11.9 Å². The molecule has 5 atom stereocenters. The van der Waals surface area contributed by atoms with Crippen LogP contribution in [0.1, 0.15) is 53.4 Å². The summed E-state index contributed by atoms with van der Waals surface area (Å²) in [6.07, 6.45) is 2.18. The Kier molecular flexibility index (Phi) is 14.4. The first kappa shape index (κ1) is 30.7. The summed E-state index contributed by atoms with van der Waals surface area (Å²) in [6.45, 7) is 7.13. The van der Waals surface area contributed by atoms with E-state index in [2.05, 4.69) is 16.0 Å². The fraction of sp³-hybridized carbons (Fsp3) is 0.762. The lowest BCUT2D eigenvalue weighted by molar-refractivity contribution is -0.144. The van der Waals surface area contributed by atoms with Crippen molar-refractivity contribution in [2.75, 3.05) is 12.0 Å². The second-order valence-electron chi connectivity index (χ2n) is 8.45. The van der Waals surface area contributed by atoms with Crippen molar-refractivity contribution in [2.45, 2.75) is 77.5 Å². The second-order valence-corrected chi connectivity index (χ2v) is 9.43. The molecule has 0 aromatic carbocycles. The van der Waals surface area contributed by atoms with Crippen LogP contribution in [0.15, 0.2) is 0 Å². The average Bonchev–Trinajstić information content (AvgIpc) is 2.72. The van der Waals surface area contributed by atoms with Crippen LogP contribution in [0.25, 0.3) is 0 Å². The van der Waals surface area contributed by atoms with Crippen LogP contribution in [0.5, 0.6) is 0 Å². The van der Waals surface area contributed by atoms with Crippen molar-refractivity contribution >= 4 is 41.4 Å². The summed E-state index contributed by atoms with van der Waals surface area (Å²) in [6, 6.07) is -4.61. The largest absolute Gasteiger partial charge is 0.481 e. The maximum Gasteiger partial charge on any atom is 0.326 e. The molecule has 11 nitrogen and oxygen atoms in total. The van der Waals surface area contributed by atoms with E-state index in [0.29, 0.717) is 18.6 Å². The lowest BCUT2D eigenvalue weighted by Gasteiger charge is -2.28. The minimum Gasteiger partial charge on any atom is -0.481 e. The molecule has 0 aliphatic carbocycles. The van der Waals surface area contributed by atoms with Gasteiger partial charge in [0.2, 0.25) is 17.7 Å². The Morgan fingerprint density at radius 3 is 1.94 bits per heavy atom. The van der Waals surface area contributed by atoms with Crippen LogP contribution < -0.4 is 21.7 Å². The summed E-state index contributed by atoms with van der Waals surface area (Å²) >= 11 is 1.49. The molecule has 0 heterocycles. The summed E-state index contributed by atoms with van der Waals surface area (Å²) in [7, 11) is 0. The molecule has 0 aliphatic heterocycles. The normalized spacial score (nSPS) is 15.6. The van der Waals surface area contributed by atoms with Gasteiger partial charge in [-0.2, -0.15) is 11.8 Å². The lowest BCUT2D eigenvalue weighted by Crippen LogP contribution is -2.59. The monoisotopic (exact) mass is 490 g/mol. The number of rotatable bonds is 16. The first-order valence-corrected chi connectivity index (χ1v) is 12.3. The lowest BCUT2D eigenvalue weighted by atomic mass is 9.96. The van der Waals surface area contributed by atoms with Crippen molar-refractivity contribution in [3.8, 4) is 0 Å². The van der Waals surface area contributed by atoms with E-state index in [-0.39, 0.29) is 18.3 Å². The van der Waals surface area contributed by atoms with Crippen LogP contribution in [0.3, 0.4) is 0 Å². The molecule has 0 spiro atoms. The Labute approximate surface area is 199 Å². The fourth-order valence-corrected chi connectivity index (χ4v) is 3.44. The van der Waals surface area contributed by atoms with E-state index < -0.39 is 60.2 Å². The molecule has 0 aliphatic rings. The van der Waals surface area contributed by atoms with E-state index in [4.69, 9.17) is 5.73 Å². The standard InChI is InChI=1S/C21H38N4O7S/c1-6-12(4)17(20(30)24-15(21(31)32)9-11(2)3)25-19(29)14(10-16(26)27)23-18(28)13(22)7-8-33-5/h11-15,17H,6-10,22H2,1-5H3,(H,23,28)(H,24,30)(H,25,29)(H,26,27)(H,31,32). The van der Waals surface area contributed by atoms with Crippen LogP contribution in [-0.2, 0) is 24.0 Å². The molecule has 0 rings (SSSR count). The molecule has 0 aromatic heterocycles. The highest BCUT2D eigenvalue weighted by molar-refractivity contribution is 7.98. The highest BCUT2D eigenvalue weighted by Gasteiger charge is 2.33. The first-order chi connectivity index (χ1) is 15.3. The van der Waals surface area contributed by atoms with E-state index in [0.717, 1.165) is 0 Å². The van der Waals surface area contributed by atoms with Gasteiger partial charge in [-0.05, 0) is 36.7 Å². The van der Waals surface area contributed by atoms with Gasteiger partial charge in [-0.25, -0.2) is 4.79 Å². The number of carbonyl (C=O) groups excluding carboxylic acids is 3. The smallest absolute Gasteiger partial charge is 0.326 e. The fourth-order valence-electron chi connectivity index (χ4n) is 2.95. The van der Waals surface area contributed by atoms with E-state index in [9.17, 15) is 34.2 Å². The third-order valence-electron chi connectivity index (χ3n) is 5.10. The topological polar surface area (TPSA) is 188 Å². The Bertz CT molecular complexity index is 690. The van der Waals surface area contributed by atoms with Crippen LogP contribution in [0.2, 0.25) is 0 Å². The molecular weight excluding hydrogens is 452 g/mol. The number of nitrogens with one attached hydrogen (secondary N) is 3. The van der Waals surface area contributed by atoms with Gasteiger partial charge in [0, 0.05) is 0 Å². The molecule has 0 radical (unpaired) electrons. The number of carbonyl (C=O) groups is 5. The second kappa shape index (κ2) is 15.5. The number of hydrogen-bond acceptors (Lipinski definition) is 7. The van der Waals surface area contributed by atoms with Gasteiger partial charge in [0.15, 0.2) is 0 Å².